The van der Waals surface area contributed by atoms with Crippen molar-refractivity contribution in [3.8, 4) is 0 Å². The van der Waals surface area contributed by atoms with Crippen molar-refractivity contribution in [3.05, 3.63) is 16.6 Å². The van der Waals surface area contributed by atoms with E-state index in [2.05, 4.69) is 20.7 Å². The molecule has 0 fully saturated rings. The number of rotatable bonds is 6. The van der Waals surface area contributed by atoms with Crippen molar-refractivity contribution in [1.29, 1.82) is 0 Å². The summed E-state index contributed by atoms with van der Waals surface area (Å²) in [6, 6.07) is 0.161. The summed E-state index contributed by atoms with van der Waals surface area (Å²) in [5, 5.41) is 5.14. The van der Waals surface area contributed by atoms with E-state index >= 15 is 0 Å². The number of aliphatic imine (C=N–C) groups is 1. The van der Waals surface area contributed by atoms with E-state index in [1.807, 2.05) is 17.8 Å². The third-order valence-corrected chi connectivity index (χ3v) is 2.69. The Kier molecular flexibility index (Phi) is 6.53. The van der Waals surface area contributed by atoms with Gasteiger partial charge in [-0.3, -0.25) is 10.4 Å². The summed E-state index contributed by atoms with van der Waals surface area (Å²) in [6.07, 6.45) is 0.815. The molecule has 7 heteroatoms. The molecular formula is C10H19N5OS. The van der Waals surface area contributed by atoms with Crippen LogP contribution in [0.5, 0.6) is 0 Å². The van der Waals surface area contributed by atoms with Crippen LogP contribution < -0.4 is 16.6 Å². The summed E-state index contributed by atoms with van der Waals surface area (Å²) < 4.78 is 5.02. The molecular weight excluding hydrogens is 238 g/mol. The first-order chi connectivity index (χ1) is 8.26. The van der Waals surface area contributed by atoms with Gasteiger partial charge in [-0.15, -0.1) is 11.3 Å². The molecule has 1 aromatic heterocycles. The van der Waals surface area contributed by atoms with E-state index in [1.165, 1.54) is 0 Å². The zero-order valence-corrected chi connectivity index (χ0v) is 11.0. The van der Waals surface area contributed by atoms with Gasteiger partial charge in [-0.2, -0.15) is 0 Å². The van der Waals surface area contributed by atoms with Gasteiger partial charge in [-0.25, -0.2) is 10.8 Å². The van der Waals surface area contributed by atoms with Gasteiger partial charge in [0.1, 0.15) is 0 Å². The molecule has 1 atom stereocenters. The maximum Gasteiger partial charge on any atom is 0.206 e. The number of hydrogen-bond acceptors (Lipinski definition) is 5. The van der Waals surface area contributed by atoms with Gasteiger partial charge in [0, 0.05) is 31.5 Å². The van der Waals surface area contributed by atoms with E-state index < -0.39 is 0 Å². The molecule has 0 aromatic carbocycles. The van der Waals surface area contributed by atoms with Crippen molar-refractivity contribution in [1.82, 2.24) is 15.7 Å². The number of guanidine groups is 1. The minimum absolute atomic E-state index is 0.161. The quantitative estimate of drug-likeness (QED) is 0.292. The fourth-order valence-electron chi connectivity index (χ4n) is 1.30. The second-order valence-corrected chi connectivity index (χ2v) is 4.32. The van der Waals surface area contributed by atoms with Crippen molar-refractivity contribution in [3.63, 3.8) is 0 Å². The molecule has 4 N–H and O–H groups in total. The van der Waals surface area contributed by atoms with Crippen LogP contribution >= 0.6 is 11.3 Å². The van der Waals surface area contributed by atoms with Crippen LogP contribution in [0.1, 0.15) is 12.6 Å². The van der Waals surface area contributed by atoms with Gasteiger partial charge in [0.2, 0.25) is 5.96 Å². The van der Waals surface area contributed by atoms with Crippen molar-refractivity contribution in [2.45, 2.75) is 19.4 Å². The van der Waals surface area contributed by atoms with Gasteiger partial charge >= 0.3 is 0 Å². The number of hydrazine groups is 1. The first-order valence-corrected chi connectivity index (χ1v) is 6.34. The van der Waals surface area contributed by atoms with Gasteiger partial charge in [0.25, 0.3) is 0 Å². The average Bonchev–Trinajstić information content (AvgIpc) is 2.81. The van der Waals surface area contributed by atoms with E-state index in [0.29, 0.717) is 19.1 Å². The molecule has 0 saturated heterocycles. The summed E-state index contributed by atoms with van der Waals surface area (Å²) in [5.41, 5.74) is 5.41. The van der Waals surface area contributed by atoms with Crippen LogP contribution in [0, 0.1) is 0 Å². The van der Waals surface area contributed by atoms with Gasteiger partial charge in [-0.1, -0.05) is 0 Å². The Labute approximate surface area is 105 Å². The van der Waals surface area contributed by atoms with Crippen molar-refractivity contribution in [2.75, 3.05) is 20.3 Å². The zero-order chi connectivity index (χ0) is 12.5. The summed E-state index contributed by atoms with van der Waals surface area (Å²) in [5.74, 6) is 5.95. The Balaban J connectivity index is 2.33. The van der Waals surface area contributed by atoms with E-state index in [4.69, 9.17) is 10.6 Å². The molecule has 0 bridgehead atoms. The first-order valence-electron chi connectivity index (χ1n) is 5.40. The van der Waals surface area contributed by atoms with Gasteiger partial charge in [0.15, 0.2) is 0 Å². The SMILES string of the molecule is COCC(C)NC(=NCCc1cscn1)NN. The third kappa shape index (κ3) is 5.62. The molecule has 96 valence electrons. The second-order valence-electron chi connectivity index (χ2n) is 3.61. The predicted molar refractivity (Wildman–Crippen MR) is 69.9 cm³/mol. The topological polar surface area (TPSA) is 84.6 Å². The monoisotopic (exact) mass is 257 g/mol. The van der Waals surface area contributed by atoms with Gasteiger partial charge in [-0.05, 0) is 6.92 Å². The van der Waals surface area contributed by atoms with Crippen molar-refractivity contribution >= 4 is 17.3 Å². The zero-order valence-electron chi connectivity index (χ0n) is 10.1. The van der Waals surface area contributed by atoms with E-state index in [1.54, 1.807) is 18.4 Å². The lowest BCUT2D eigenvalue weighted by Crippen LogP contribution is -2.47. The number of aromatic nitrogens is 1. The van der Waals surface area contributed by atoms with Crippen LogP contribution in [-0.4, -0.2) is 37.2 Å². The van der Waals surface area contributed by atoms with Gasteiger partial charge in [0.05, 0.1) is 17.8 Å². The molecule has 17 heavy (non-hydrogen) atoms. The maximum atomic E-state index is 5.38. The number of ether oxygens (including phenoxy) is 1. The van der Waals surface area contributed by atoms with E-state index in [9.17, 15) is 0 Å². The number of hydrogen-bond donors (Lipinski definition) is 3. The Morgan fingerprint density at radius 3 is 3.12 bits per heavy atom. The third-order valence-electron chi connectivity index (χ3n) is 2.06. The van der Waals surface area contributed by atoms with Crippen LogP contribution in [0.2, 0.25) is 0 Å². The molecule has 0 amide bonds. The molecule has 1 heterocycles. The highest BCUT2D eigenvalue weighted by atomic mass is 32.1. The van der Waals surface area contributed by atoms with Crippen LogP contribution in [0.4, 0.5) is 0 Å². The molecule has 0 radical (unpaired) electrons. The number of methoxy groups -OCH3 is 1. The normalized spacial score (nSPS) is 13.5. The van der Waals surface area contributed by atoms with Crippen LogP contribution in [-0.2, 0) is 11.2 Å². The van der Waals surface area contributed by atoms with Crippen LogP contribution in [0.15, 0.2) is 15.9 Å². The molecule has 0 saturated carbocycles. The van der Waals surface area contributed by atoms with Crippen LogP contribution in [0.25, 0.3) is 0 Å². The van der Waals surface area contributed by atoms with E-state index in [0.717, 1.165) is 12.1 Å². The smallest absolute Gasteiger partial charge is 0.206 e. The fourth-order valence-corrected chi connectivity index (χ4v) is 1.89. The summed E-state index contributed by atoms with van der Waals surface area (Å²) >= 11 is 1.59. The molecule has 1 rings (SSSR count). The lowest BCUT2D eigenvalue weighted by molar-refractivity contribution is 0.179. The summed E-state index contributed by atoms with van der Waals surface area (Å²) in [6.45, 7) is 3.25. The van der Waals surface area contributed by atoms with Crippen molar-refractivity contribution in [2.24, 2.45) is 10.8 Å². The molecule has 0 aliphatic heterocycles. The highest BCUT2D eigenvalue weighted by Gasteiger charge is 2.03. The lowest BCUT2D eigenvalue weighted by atomic mass is 10.3. The van der Waals surface area contributed by atoms with Gasteiger partial charge < -0.3 is 10.1 Å². The highest BCUT2D eigenvalue weighted by Crippen LogP contribution is 2.01. The lowest BCUT2D eigenvalue weighted by Gasteiger charge is -2.15. The minimum Gasteiger partial charge on any atom is -0.383 e. The van der Waals surface area contributed by atoms with E-state index in [-0.39, 0.29) is 6.04 Å². The fraction of sp³-hybridized carbons (Fsp3) is 0.600. The van der Waals surface area contributed by atoms with Crippen molar-refractivity contribution < 1.29 is 4.74 Å². The second kappa shape index (κ2) is 7.99. The molecule has 0 aliphatic carbocycles. The molecule has 0 aliphatic rings. The number of nitrogens with zero attached hydrogens (tertiary/aromatic N) is 2. The molecule has 1 aromatic rings. The Morgan fingerprint density at radius 1 is 1.71 bits per heavy atom. The van der Waals surface area contributed by atoms with Crippen LogP contribution in [0.3, 0.4) is 0 Å². The molecule has 6 nitrogen and oxygen atoms in total. The summed E-state index contributed by atoms with van der Waals surface area (Å²) in [4.78, 5) is 8.50. The predicted octanol–water partition coefficient (Wildman–Crippen LogP) is 0.129. The first kappa shape index (κ1) is 13.9. The standard InChI is InChI=1S/C10H19N5OS/c1-8(5-16-2)14-10(15-11)12-4-3-9-6-17-7-13-9/h6-8H,3-5,11H2,1-2H3,(H2,12,14,15). The average molecular weight is 257 g/mol. The Hall–Kier alpha value is -1.18. The summed E-state index contributed by atoms with van der Waals surface area (Å²) in [7, 11) is 1.66. The molecule has 1 unspecified atom stereocenters. The number of thiazole rings is 1. The largest absolute Gasteiger partial charge is 0.383 e. The Morgan fingerprint density at radius 2 is 2.53 bits per heavy atom. The number of nitrogens with one attached hydrogen (secondary N) is 2. The highest BCUT2D eigenvalue weighted by molar-refractivity contribution is 7.07. The Bertz CT molecular complexity index is 327. The minimum atomic E-state index is 0.161. The number of nitrogens with two attached hydrogens (primary N) is 1. The molecule has 0 spiro atoms. The maximum absolute atomic E-state index is 5.38.